The molecule has 0 bridgehead atoms. The van der Waals surface area contributed by atoms with Gasteiger partial charge < -0.3 is 5.11 Å². The molecule has 0 saturated carbocycles. The van der Waals surface area contributed by atoms with Crippen molar-refractivity contribution in [3.8, 4) is 0 Å². The standard InChI is InChI=1S/C13H18BrFOS/c1-3-9(2)17-8-12(16)7-10-6-11(15)4-5-13(10)14/h4-6,9,12,16H,3,7-8H2,1-2H3. The molecular formula is C13H18BrFOS. The molecule has 1 nitrogen and oxygen atoms in total. The summed E-state index contributed by atoms with van der Waals surface area (Å²) >= 11 is 5.12. The van der Waals surface area contributed by atoms with Crippen LogP contribution < -0.4 is 0 Å². The van der Waals surface area contributed by atoms with Crippen molar-refractivity contribution in [1.82, 2.24) is 0 Å². The highest BCUT2D eigenvalue weighted by Crippen LogP contribution is 2.21. The molecule has 1 rings (SSSR count). The van der Waals surface area contributed by atoms with Crippen LogP contribution in [0.2, 0.25) is 0 Å². The molecule has 0 spiro atoms. The predicted octanol–water partition coefficient (Wildman–Crippen LogP) is 4.02. The third-order valence-corrected chi connectivity index (χ3v) is 4.86. The first-order valence-corrected chi connectivity index (χ1v) is 7.60. The van der Waals surface area contributed by atoms with E-state index >= 15 is 0 Å². The fourth-order valence-electron chi connectivity index (χ4n) is 1.41. The molecule has 2 atom stereocenters. The molecule has 0 radical (unpaired) electrons. The number of thioether (sulfide) groups is 1. The van der Waals surface area contributed by atoms with E-state index in [1.165, 1.54) is 12.1 Å². The second-order valence-corrected chi connectivity index (χ2v) is 6.47. The molecule has 17 heavy (non-hydrogen) atoms. The molecule has 0 amide bonds. The summed E-state index contributed by atoms with van der Waals surface area (Å²) < 4.78 is 13.9. The van der Waals surface area contributed by atoms with E-state index in [0.717, 1.165) is 16.5 Å². The van der Waals surface area contributed by atoms with Gasteiger partial charge in [0, 0.05) is 21.9 Å². The molecular weight excluding hydrogens is 303 g/mol. The lowest BCUT2D eigenvalue weighted by Gasteiger charge is -2.14. The maximum absolute atomic E-state index is 13.1. The van der Waals surface area contributed by atoms with Gasteiger partial charge in [-0.1, -0.05) is 29.8 Å². The summed E-state index contributed by atoms with van der Waals surface area (Å²) in [4.78, 5) is 0. The Labute approximate surface area is 115 Å². The maximum atomic E-state index is 13.1. The third kappa shape index (κ3) is 5.40. The Hall–Kier alpha value is -0.0600. The Morgan fingerprint density at radius 2 is 2.18 bits per heavy atom. The highest BCUT2D eigenvalue weighted by atomic mass is 79.9. The second-order valence-electron chi connectivity index (χ2n) is 4.15. The van der Waals surface area contributed by atoms with E-state index in [9.17, 15) is 9.50 Å². The SMILES string of the molecule is CCC(C)SCC(O)Cc1cc(F)ccc1Br. The van der Waals surface area contributed by atoms with Crippen LogP contribution in [0, 0.1) is 5.82 Å². The number of aliphatic hydroxyl groups is 1. The van der Waals surface area contributed by atoms with Gasteiger partial charge in [-0.2, -0.15) is 11.8 Å². The van der Waals surface area contributed by atoms with Crippen molar-refractivity contribution in [3.63, 3.8) is 0 Å². The van der Waals surface area contributed by atoms with Crippen molar-refractivity contribution in [2.45, 2.75) is 38.0 Å². The zero-order chi connectivity index (χ0) is 12.8. The van der Waals surface area contributed by atoms with Gasteiger partial charge in [0.15, 0.2) is 0 Å². The Bertz CT molecular complexity index is 359. The Morgan fingerprint density at radius 1 is 1.47 bits per heavy atom. The molecule has 0 saturated heterocycles. The van der Waals surface area contributed by atoms with Crippen LogP contribution in [0.5, 0.6) is 0 Å². The topological polar surface area (TPSA) is 20.2 Å². The average Bonchev–Trinajstić information content (AvgIpc) is 2.30. The Morgan fingerprint density at radius 3 is 2.82 bits per heavy atom. The van der Waals surface area contributed by atoms with Crippen LogP contribution in [0.4, 0.5) is 4.39 Å². The van der Waals surface area contributed by atoms with Gasteiger partial charge in [0.25, 0.3) is 0 Å². The van der Waals surface area contributed by atoms with Crippen molar-refractivity contribution in [3.05, 3.63) is 34.1 Å². The van der Waals surface area contributed by atoms with E-state index in [-0.39, 0.29) is 5.82 Å². The highest BCUT2D eigenvalue weighted by Gasteiger charge is 2.11. The van der Waals surface area contributed by atoms with E-state index in [4.69, 9.17) is 0 Å². The Balaban J connectivity index is 2.50. The molecule has 1 aromatic carbocycles. The largest absolute Gasteiger partial charge is 0.392 e. The molecule has 2 unspecified atom stereocenters. The van der Waals surface area contributed by atoms with Crippen LogP contribution in [0.15, 0.2) is 22.7 Å². The van der Waals surface area contributed by atoms with E-state index in [2.05, 4.69) is 29.8 Å². The van der Waals surface area contributed by atoms with Crippen molar-refractivity contribution >= 4 is 27.7 Å². The molecule has 0 aromatic heterocycles. The molecule has 0 aliphatic heterocycles. The Kier molecular flexibility index (Phi) is 6.52. The first-order chi connectivity index (χ1) is 8.02. The predicted molar refractivity (Wildman–Crippen MR) is 76.0 cm³/mol. The quantitative estimate of drug-likeness (QED) is 0.854. The summed E-state index contributed by atoms with van der Waals surface area (Å²) in [5.41, 5.74) is 0.822. The first kappa shape index (κ1) is 15.0. The number of halogens is 2. The van der Waals surface area contributed by atoms with E-state index in [0.29, 0.717) is 17.4 Å². The monoisotopic (exact) mass is 320 g/mol. The lowest BCUT2D eigenvalue weighted by atomic mass is 10.1. The summed E-state index contributed by atoms with van der Waals surface area (Å²) in [7, 11) is 0. The average molecular weight is 321 g/mol. The summed E-state index contributed by atoms with van der Waals surface area (Å²) in [5.74, 6) is 0.433. The van der Waals surface area contributed by atoms with Crippen molar-refractivity contribution < 1.29 is 9.50 Å². The van der Waals surface area contributed by atoms with Crippen molar-refractivity contribution in [2.24, 2.45) is 0 Å². The number of hydrogen-bond donors (Lipinski definition) is 1. The van der Waals surface area contributed by atoms with E-state index < -0.39 is 6.10 Å². The molecule has 0 aliphatic rings. The minimum absolute atomic E-state index is 0.259. The molecule has 0 fully saturated rings. The van der Waals surface area contributed by atoms with Gasteiger partial charge in [-0.05, 0) is 30.2 Å². The van der Waals surface area contributed by atoms with Crippen LogP contribution in [0.3, 0.4) is 0 Å². The minimum atomic E-state index is -0.424. The fourth-order valence-corrected chi connectivity index (χ4v) is 2.72. The maximum Gasteiger partial charge on any atom is 0.123 e. The van der Waals surface area contributed by atoms with Crippen LogP contribution in [-0.4, -0.2) is 22.2 Å². The fraction of sp³-hybridized carbons (Fsp3) is 0.538. The van der Waals surface area contributed by atoms with Gasteiger partial charge in [0.05, 0.1) is 6.10 Å². The molecule has 1 aromatic rings. The minimum Gasteiger partial charge on any atom is -0.392 e. The number of rotatable bonds is 6. The second kappa shape index (κ2) is 7.39. The summed E-state index contributed by atoms with van der Waals surface area (Å²) in [6.45, 7) is 4.28. The van der Waals surface area contributed by atoms with Crippen molar-refractivity contribution in [1.29, 1.82) is 0 Å². The van der Waals surface area contributed by atoms with E-state index in [1.54, 1.807) is 17.8 Å². The molecule has 96 valence electrons. The molecule has 4 heteroatoms. The highest BCUT2D eigenvalue weighted by molar-refractivity contribution is 9.10. The van der Waals surface area contributed by atoms with Gasteiger partial charge >= 0.3 is 0 Å². The van der Waals surface area contributed by atoms with Crippen LogP contribution >= 0.6 is 27.7 Å². The lowest BCUT2D eigenvalue weighted by Crippen LogP contribution is -2.15. The van der Waals surface area contributed by atoms with Gasteiger partial charge in [0.1, 0.15) is 5.82 Å². The first-order valence-electron chi connectivity index (χ1n) is 5.76. The number of hydrogen-bond acceptors (Lipinski definition) is 2. The van der Waals surface area contributed by atoms with Crippen molar-refractivity contribution in [2.75, 3.05) is 5.75 Å². The summed E-state index contributed by atoms with van der Waals surface area (Å²) in [6, 6.07) is 4.56. The van der Waals surface area contributed by atoms with Crippen LogP contribution in [0.25, 0.3) is 0 Å². The normalized spacial score (nSPS) is 14.6. The van der Waals surface area contributed by atoms with Gasteiger partial charge in [-0.25, -0.2) is 4.39 Å². The smallest absolute Gasteiger partial charge is 0.123 e. The lowest BCUT2D eigenvalue weighted by molar-refractivity contribution is 0.199. The van der Waals surface area contributed by atoms with Gasteiger partial charge in [-0.3, -0.25) is 0 Å². The van der Waals surface area contributed by atoms with Gasteiger partial charge in [0.2, 0.25) is 0 Å². The molecule has 0 aliphatic carbocycles. The van der Waals surface area contributed by atoms with Crippen LogP contribution in [0.1, 0.15) is 25.8 Å². The van der Waals surface area contributed by atoms with E-state index in [1.807, 2.05) is 0 Å². The number of aliphatic hydroxyl groups excluding tert-OH is 1. The summed E-state index contributed by atoms with van der Waals surface area (Å²) in [5, 5.41) is 10.5. The zero-order valence-corrected chi connectivity index (χ0v) is 12.5. The number of benzene rings is 1. The summed E-state index contributed by atoms with van der Waals surface area (Å²) in [6.07, 6.45) is 1.16. The van der Waals surface area contributed by atoms with Gasteiger partial charge in [-0.15, -0.1) is 0 Å². The zero-order valence-electron chi connectivity index (χ0n) is 10.1. The third-order valence-electron chi connectivity index (χ3n) is 2.61. The van der Waals surface area contributed by atoms with Crippen LogP contribution in [-0.2, 0) is 6.42 Å². The molecule has 1 N–H and O–H groups in total. The molecule has 0 heterocycles.